The second kappa shape index (κ2) is 6.32. The van der Waals surface area contributed by atoms with Gasteiger partial charge in [-0.05, 0) is 46.5 Å². The second-order valence-electron chi connectivity index (χ2n) is 6.08. The molecule has 0 aliphatic heterocycles. The summed E-state index contributed by atoms with van der Waals surface area (Å²) in [6, 6.07) is 12.4. The van der Waals surface area contributed by atoms with Gasteiger partial charge >= 0.3 is 0 Å². The third kappa shape index (κ3) is 2.83. The summed E-state index contributed by atoms with van der Waals surface area (Å²) in [6.45, 7) is 0. The summed E-state index contributed by atoms with van der Waals surface area (Å²) in [7, 11) is 0. The first-order valence-corrected chi connectivity index (χ1v) is 8.15. The van der Waals surface area contributed by atoms with Crippen molar-refractivity contribution in [3.63, 3.8) is 0 Å². The van der Waals surface area contributed by atoms with E-state index in [-0.39, 0.29) is 17.5 Å². The molecule has 3 aromatic rings. The van der Waals surface area contributed by atoms with E-state index in [2.05, 4.69) is 34.2 Å². The zero-order valence-corrected chi connectivity index (χ0v) is 13.5. The molecule has 2 aliphatic carbocycles. The highest BCUT2D eigenvalue weighted by Crippen LogP contribution is 2.42. The highest BCUT2D eigenvalue weighted by molar-refractivity contribution is 6.18. The summed E-state index contributed by atoms with van der Waals surface area (Å²) in [5.41, 5.74) is 3.06. The number of allylic oxidation sites excluding steroid dienone is 4. The second-order valence-corrected chi connectivity index (χ2v) is 6.08. The minimum Gasteiger partial charge on any atom is -0.351 e. The lowest BCUT2D eigenvalue weighted by molar-refractivity contribution is -0.114. The SMILES string of the molecule is O=C1C=CC(=O)C(C2Cc3cccc4cccc2c34)=C1.c1c[nH]cn1. The number of hydrogen-bond acceptors (Lipinski definition) is 3. The van der Waals surface area contributed by atoms with Crippen molar-refractivity contribution >= 4 is 22.3 Å². The van der Waals surface area contributed by atoms with Crippen molar-refractivity contribution in [1.82, 2.24) is 9.97 Å². The highest BCUT2D eigenvalue weighted by Gasteiger charge is 2.30. The van der Waals surface area contributed by atoms with E-state index >= 15 is 0 Å². The van der Waals surface area contributed by atoms with Crippen LogP contribution in [0.1, 0.15) is 17.0 Å². The fraction of sp³-hybridized carbons (Fsp3) is 0.0952. The summed E-state index contributed by atoms with van der Waals surface area (Å²) in [6.07, 6.45) is 10.1. The van der Waals surface area contributed by atoms with Crippen LogP contribution in [0.4, 0.5) is 0 Å². The number of aromatic nitrogens is 2. The molecule has 0 radical (unpaired) electrons. The number of nitrogens with one attached hydrogen (secondary N) is 1. The molecule has 122 valence electrons. The van der Waals surface area contributed by atoms with Crippen LogP contribution in [0.2, 0.25) is 0 Å². The Morgan fingerprint density at radius 2 is 1.88 bits per heavy atom. The first kappa shape index (κ1) is 15.3. The minimum atomic E-state index is -0.0947. The van der Waals surface area contributed by atoms with Crippen LogP contribution in [0.25, 0.3) is 10.8 Å². The number of H-pyrrole nitrogens is 1. The van der Waals surface area contributed by atoms with Crippen LogP contribution in [-0.2, 0) is 16.0 Å². The summed E-state index contributed by atoms with van der Waals surface area (Å²) in [4.78, 5) is 30.1. The maximum Gasteiger partial charge on any atom is 0.182 e. The molecule has 0 saturated heterocycles. The van der Waals surface area contributed by atoms with Crippen molar-refractivity contribution in [2.45, 2.75) is 12.3 Å². The van der Waals surface area contributed by atoms with Crippen molar-refractivity contribution in [2.24, 2.45) is 0 Å². The molecule has 2 aromatic carbocycles. The molecule has 0 bridgehead atoms. The van der Waals surface area contributed by atoms with Gasteiger partial charge in [0.05, 0.1) is 6.33 Å². The Kier molecular flexibility index (Phi) is 3.86. The van der Waals surface area contributed by atoms with E-state index in [0.29, 0.717) is 5.57 Å². The lowest BCUT2D eigenvalue weighted by Crippen LogP contribution is -2.14. The smallest absolute Gasteiger partial charge is 0.182 e. The molecule has 1 N–H and O–H groups in total. The van der Waals surface area contributed by atoms with Crippen LogP contribution >= 0.6 is 0 Å². The van der Waals surface area contributed by atoms with E-state index in [4.69, 9.17) is 0 Å². The maximum absolute atomic E-state index is 12.1. The molecule has 0 saturated carbocycles. The van der Waals surface area contributed by atoms with Crippen LogP contribution in [-0.4, -0.2) is 21.5 Å². The number of nitrogens with zero attached hydrogens (tertiary/aromatic N) is 1. The van der Waals surface area contributed by atoms with Crippen LogP contribution < -0.4 is 0 Å². The fourth-order valence-corrected chi connectivity index (χ4v) is 3.53. The monoisotopic (exact) mass is 328 g/mol. The van der Waals surface area contributed by atoms with Crippen molar-refractivity contribution in [2.75, 3.05) is 0 Å². The Labute approximate surface area is 144 Å². The third-order valence-electron chi connectivity index (χ3n) is 4.59. The number of carbonyl (C=O) groups excluding carboxylic acids is 2. The first-order valence-electron chi connectivity index (χ1n) is 8.15. The van der Waals surface area contributed by atoms with E-state index in [0.717, 1.165) is 6.42 Å². The van der Waals surface area contributed by atoms with Gasteiger partial charge in [0.1, 0.15) is 0 Å². The zero-order chi connectivity index (χ0) is 17.2. The lowest BCUT2D eigenvalue weighted by Gasteiger charge is -2.15. The normalized spacial score (nSPS) is 18.1. The van der Waals surface area contributed by atoms with Gasteiger partial charge in [0.25, 0.3) is 0 Å². The standard InChI is InChI=1S/C18H12O2.C3H4N2/c19-13-7-8-17(20)16(10-13)15-9-12-5-1-3-11-4-2-6-14(15)18(11)12;1-2-5-3-4-1/h1-8,10,15H,9H2;1-3H,(H,4,5). The van der Waals surface area contributed by atoms with Crippen molar-refractivity contribution in [3.05, 3.63) is 90.0 Å². The van der Waals surface area contributed by atoms with Gasteiger partial charge in [-0.2, -0.15) is 0 Å². The van der Waals surface area contributed by atoms with Gasteiger partial charge in [-0.15, -0.1) is 0 Å². The molecule has 1 heterocycles. The first-order chi connectivity index (χ1) is 12.2. The molecular formula is C21H16N2O2. The van der Waals surface area contributed by atoms with E-state index in [9.17, 15) is 9.59 Å². The number of aromatic amines is 1. The molecule has 1 aromatic heterocycles. The summed E-state index contributed by atoms with van der Waals surface area (Å²) >= 11 is 0. The average Bonchev–Trinajstić information content (AvgIpc) is 3.31. The van der Waals surface area contributed by atoms with E-state index in [1.807, 2.05) is 12.1 Å². The number of hydrogen-bond donors (Lipinski definition) is 1. The third-order valence-corrected chi connectivity index (χ3v) is 4.59. The Bertz CT molecular complexity index is 991. The van der Waals surface area contributed by atoms with Crippen LogP contribution in [0.15, 0.2) is 78.9 Å². The number of carbonyl (C=O) groups is 2. The minimum absolute atomic E-state index is 0.0116. The van der Waals surface area contributed by atoms with Gasteiger partial charge < -0.3 is 4.98 Å². The van der Waals surface area contributed by atoms with Crippen molar-refractivity contribution in [1.29, 1.82) is 0 Å². The summed E-state index contributed by atoms with van der Waals surface area (Å²) < 4.78 is 0. The number of benzene rings is 2. The van der Waals surface area contributed by atoms with E-state index < -0.39 is 0 Å². The van der Waals surface area contributed by atoms with Gasteiger partial charge in [-0.25, -0.2) is 4.98 Å². The quantitative estimate of drug-likeness (QED) is 0.695. The van der Waals surface area contributed by atoms with Gasteiger partial charge in [0, 0.05) is 23.9 Å². The Hall–Kier alpha value is -3.27. The summed E-state index contributed by atoms with van der Waals surface area (Å²) in [5, 5.41) is 2.45. The van der Waals surface area contributed by atoms with Crippen LogP contribution in [0.3, 0.4) is 0 Å². The largest absolute Gasteiger partial charge is 0.351 e. The van der Waals surface area contributed by atoms with Gasteiger partial charge in [-0.1, -0.05) is 36.4 Å². The predicted molar refractivity (Wildman–Crippen MR) is 96.2 cm³/mol. The van der Waals surface area contributed by atoms with E-state index in [1.54, 1.807) is 18.7 Å². The van der Waals surface area contributed by atoms with Gasteiger partial charge in [0.2, 0.25) is 0 Å². The topological polar surface area (TPSA) is 62.8 Å². The number of rotatable bonds is 1. The van der Waals surface area contributed by atoms with Gasteiger partial charge in [-0.3, -0.25) is 9.59 Å². The lowest BCUT2D eigenvalue weighted by atomic mass is 9.86. The van der Waals surface area contributed by atoms with Crippen LogP contribution in [0, 0.1) is 0 Å². The van der Waals surface area contributed by atoms with Gasteiger partial charge in [0.15, 0.2) is 11.6 Å². The predicted octanol–water partition coefficient (Wildman–Crippen LogP) is 3.52. The number of imidazole rings is 1. The summed E-state index contributed by atoms with van der Waals surface area (Å²) in [5.74, 6) is -0.125. The molecular weight excluding hydrogens is 312 g/mol. The van der Waals surface area contributed by atoms with E-state index in [1.165, 1.54) is 40.1 Å². The molecule has 0 spiro atoms. The Balaban J connectivity index is 0.000000272. The molecule has 4 nitrogen and oxygen atoms in total. The molecule has 0 amide bonds. The molecule has 5 rings (SSSR count). The molecule has 0 fully saturated rings. The molecule has 25 heavy (non-hydrogen) atoms. The maximum atomic E-state index is 12.1. The highest BCUT2D eigenvalue weighted by atomic mass is 16.1. The fourth-order valence-electron chi connectivity index (χ4n) is 3.53. The molecule has 1 unspecified atom stereocenters. The Morgan fingerprint density at radius 3 is 2.60 bits per heavy atom. The average molecular weight is 328 g/mol. The number of ketones is 2. The molecule has 4 heteroatoms. The van der Waals surface area contributed by atoms with Crippen molar-refractivity contribution < 1.29 is 9.59 Å². The molecule has 2 aliphatic rings. The van der Waals surface area contributed by atoms with Crippen molar-refractivity contribution in [3.8, 4) is 0 Å². The van der Waals surface area contributed by atoms with Crippen LogP contribution in [0.5, 0.6) is 0 Å². The molecule has 1 atom stereocenters. The Morgan fingerprint density at radius 1 is 1.04 bits per heavy atom. The zero-order valence-electron chi connectivity index (χ0n) is 13.5.